The second-order valence-electron chi connectivity index (χ2n) is 5.30. The van der Waals surface area contributed by atoms with E-state index in [0.29, 0.717) is 23.9 Å². The van der Waals surface area contributed by atoms with Crippen molar-refractivity contribution in [3.63, 3.8) is 0 Å². The van der Waals surface area contributed by atoms with Gasteiger partial charge in [0.25, 0.3) is 5.97 Å². The summed E-state index contributed by atoms with van der Waals surface area (Å²) in [4.78, 5) is 0. The molecule has 0 radical (unpaired) electrons. The summed E-state index contributed by atoms with van der Waals surface area (Å²) in [7, 11) is 1.23. The molecule has 0 aromatic heterocycles. The number of methoxy groups -OCH3 is 1. The number of hydrogen-bond acceptors (Lipinski definition) is 6. The van der Waals surface area contributed by atoms with E-state index in [-0.39, 0.29) is 13.0 Å². The van der Waals surface area contributed by atoms with Gasteiger partial charge in [-0.3, -0.25) is 0 Å². The third kappa shape index (κ3) is 7.40. The Bertz CT molecular complexity index is 405. The lowest BCUT2D eigenvalue weighted by Crippen LogP contribution is -2.35. The van der Waals surface area contributed by atoms with E-state index < -0.39 is 12.1 Å². The molecule has 4 N–H and O–H groups in total. The zero-order chi connectivity index (χ0) is 15.9. The van der Waals surface area contributed by atoms with Gasteiger partial charge in [0.05, 0.1) is 6.42 Å². The largest absolute Gasteiger partial charge is 0.491 e. The van der Waals surface area contributed by atoms with Crippen LogP contribution in [0.25, 0.3) is 0 Å². The van der Waals surface area contributed by atoms with E-state index >= 15 is 0 Å². The Kier molecular flexibility index (Phi) is 7.07. The molecular weight excluding hydrogens is 274 g/mol. The van der Waals surface area contributed by atoms with Crippen LogP contribution < -0.4 is 10.1 Å². The second kappa shape index (κ2) is 8.31. The van der Waals surface area contributed by atoms with E-state index in [0.717, 1.165) is 0 Å². The van der Waals surface area contributed by atoms with E-state index in [1.54, 1.807) is 24.3 Å². The third-order valence-electron chi connectivity index (χ3n) is 2.89. The van der Waals surface area contributed by atoms with Crippen LogP contribution in [0.3, 0.4) is 0 Å². The summed E-state index contributed by atoms with van der Waals surface area (Å²) in [5.74, 6) is -1.55. The second-order valence-corrected chi connectivity index (χ2v) is 5.30. The average molecular weight is 299 g/mol. The highest BCUT2D eigenvalue weighted by Crippen LogP contribution is 2.16. The quantitative estimate of drug-likeness (QED) is 0.489. The molecule has 0 fully saturated rings. The lowest BCUT2D eigenvalue weighted by Gasteiger charge is -2.19. The van der Waals surface area contributed by atoms with Gasteiger partial charge in [0.2, 0.25) is 0 Å². The van der Waals surface area contributed by atoms with E-state index in [9.17, 15) is 15.3 Å². The molecule has 1 atom stereocenters. The summed E-state index contributed by atoms with van der Waals surface area (Å²) in [6.07, 6.45) is -0.617. The third-order valence-corrected chi connectivity index (χ3v) is 2.89. The highest BCUT2D eigenvalue weighted by atomic mass is 16.8. The maximum Gasteiger partial charge on any atom is 0.281 e. The Balaban J connectivity index is 2.41. The highest BCUT2D eigenvalue weighted by molar-refractivity contribution is 5.27. The summed E-state index contributed by atoms with van der Waals surface area (Å²) in [5.41, 5.74) is 0.705. The van der Waals surface area contributed by atoms with Gasteiger partial charge in [0.15, 0.2) is 0 Å². The average Bonchev–Trinajstić information content (AvgIpc) is 2.44. The van der Waals surface area contributed by atoms with Crippen molar-refractivity contribution in [1.82, 2.24) is 5.32 Å². The molecule has 0 saturated heterocycles. The number of hydrogen-bond donors (Lipinski definition) is 4. The van der Waals surface area contributed by atoms with Crippen LogP contribution in [0.5, 0.6) is 5.75 Å². The Hall–Kier alpha value is -1.18. The standard InChI is InChI=1S/C15H25NO5/c1-11(2)16-9-13(17)10-21-14-6-4-12(5-7-14)8-15(18,19)20-3/h4-7,11,13,16-19H,8-10H2,1-3H3. The Morgan fingerprint density at radius 2 is 1.81 bits per heavy atom. The fraction of sp³-hybridized carbons (Fsp3) is 0.600. The Morgan fingerprint density at radius 1 is 1.19 bits per heavy atom. The summed E-state index contributed by atoms with van der Waals surface area (Å²) >= 11 is 0. The molecule has 0 aliphatic carbocycles. The predicted octanol–water partition coefficient (Wildman–Crippen LogP) is 0.252. The van der Waals surface area contributed by atoms with Crippen LogP contribution in [0.4, 0.5) is 0 Å². The molecule has 0 bridgehead atoms. The van der Waals surface area contributed by atoms with Crippen molar-refractivity contribution in [2.45, 2.75) is 38.4 Å². The summed E-state index contributed by atoms with van der Waals surface area (Å²) in [6.45, 7) is 4.69. The van der Waals surface area contributed by atoms with Crippen LogP contribution in [0.15, 0.2) is 24.3 Å². The first-order chi connectivity index (χ1) is 9.82. The molecule has 21 heavy (non-hydrogen) atoms. The summed E-state index contributed by atoms with van der Waals surface area (Å²) in [6, 6.07) is 7.17. The van der Waals surface area contributed by atoms with E-state index in [4.69, 9.17) is 4.74 Å². The van der Waals surface area contributed by atoms with Crippen LogP contribution in [-0.4, -0.2) is 53.7 Å². The van der Waals surface area contributed by atoms with E-state index in [2.05, 4.69) is 10.1 Å². The van der Waals surface area contributed by atoms with Crippen LogP contribution in [0.2, 0.25) is 0 Å². The molecular formula is C15H25NO5. The number of benzene rings is 1. The first-order valence-corrected chi connectivity index (χ1v) is 6.95. The molecule has 0 aliphatic rings. The minimum Gasteiger partial charge on any atom is -0.491 e. The van der Waals surface area contributed by atoms with Gasteiger partial charge in [0, 0.05) is 19.7 Å². The number of rotatable bonds is 9. The van der Waals surface area contributed by atoms with E-state index in [1.165, 1.54) is 7.11 Å². The molecule has 1 unspecified atom stereocenters. The van der Waals surface area contributed by atoms with Gasteiger partial charge in [-0.1, -0.05) is 26.0 Å². The molecule has 0 amide bonds. The van der Waals surface area contributed by atoms with Crippen molar-refractivity contribution in [2.75, 3.05) is 20.3 Å². The van der Waals surface area contributed by atoms with Gasteiger partial charge in [-0.2, -0.15) is 0 Å². The Morgan fingerprint density at radius 3 is 2.33 bits per heavy atom. The van der Waals surface area contributed by atoms with Gasteiger partial charge in [0.1, 0.15) is 18.5 Å². The lowest BCUT2D eigenvalue weighted by molar-refractivity contribution is -0.324. The van der Waals surface area contributed by atoms with Crippen molar-refractivity contribution in [1.29, 1.82) is 0 Å². The topological polar surface area (TPSA) is 91.2 Å². The van der Waals surface area contributed by atoms with Gasteiger partial charge in [-0.15, -0.1) is 0 Å². The maximum atomic E-state index is 9.73. The van der Waals surface area contributed by atoms with Crippen LogP contribution in [0, 0.1) is 0 Å². The molecule has 0 aliphatic heterocycles. The summed E-state index contributed by atoms with van der Waals surface area (Å²) in [5, 5.41) is 31.6. The van der Waals surface area contributed by atoms with Gasteiger partial charge in [-0.05, 0) is 17.7 Å². The smallest absolute Gasteiger partial charge is 0.281 e. The van der Waals surface area contributed by atoms with Crippen LogP contribution in [-0.2, 0) is 11.2 Å². The first kappa shape index (κ1) is 17.9. The molecule has 120 valence electrons. The lowest BCUT2D eigenvalue weighted by atomic mass is 10.1. The zero-order valence-corrected chi connectivity index (χ0v) is 12.7. The molecule has 1 rings (SSSR count). The number of aliphatic hydroxyl groups is 3. The molecule has 1 aromatic rings. The number of nitrogens with one attached hydrogen (secondary N) is 1. The number of aliphatic hydroxyl groups excluding tert-OH is 1. The van der Waals surface area contributed by atoms with Gasteiger partial charge >= 0.3 is 0 Å². The SMILES string of the molecule is COC(O)(O)Cc1ccc(OCC(O)CNC(C)C)cc1. The monoisotopic (exact) mass is 299 g/mol. The van der Waals surface area contributed by atoms with Gasteiger partial charge in [-0.25, -0.2) is 0 Å². The molecule has 6 nitrogen and oxygen atoms in total. The molecule has 0 saturated carbocycles. The Labute approximate surface area is 125 Å². The van der Waals surface area contributed by atoms with Crippen LogP contribution in [0.1, 0.15) is 19.4 Å². The fourth-order valence-corrected chi connectivity index (χ4v) is 1.66. The van der Waals surface area contributed by atoms with Crippen molar-refractivity contribution in [3.8, 4) is 5.75 Å². The molecule has 6 heteroatoms. The number of ether oxygens (including phenoxy) is 2. The van der Waals surface area contributed by atoms with Crippen LogP contribution >= 0.6 is 0 Å². The van der Waals surface area contributed by atoms with Crippen molar-refractivity contribution in [2.24, 2.45) is 0 Å². The zero-order valence-electron chi connectivity index (χ0n) is 12.7. The van der Waals surface area contributed by atoms with Crippen molar-refractivity contribution < 1.29 is 24.8 Å². The normalized spacial score (nSPS) is 13.5. The first-order valence-electron chi connectivity index (χ1n) is 6.95. The van der Waals surface area contributed by atoms with Crippen molar-refractivity contribution in [3.05, 3.63) is 29.8 Å². The minimum atomic E-state index is -2.17. The van der Waals surface area contributed by atoms with Gasteiger partial charge < -0.3 is 30.1 Å². The molecule has 0 spiro atoms. The van der Waals surface area contributed by atoms with E-state index in [1.807, 2.05) is 13.8 Å². The fourth-order valence-electron chi connectivity index (χ4n) is 1.66. The minimum absolute atomic E-state index is 0.0370. The highest BCUT2D eigenvalue weighted by Gasteiger charge is 2.22. The maximum absolute atomic E-state index is 9.73. The van der Waals surface area contributed by atoms with Crippen molar-refractivity contribution >= 4 is 0 Å². The summed E-state index contributed by atoms with van der Waals surface area (Å²) < 4.78 is 10.0. The predicted molar refractivity (Wildman–Crippen MR) is 79.0 cm³/mol. The molecule has 0 heterocycles. The molecule has 1 aromatic carbocycles.